The third-order valence-electron chi connectivity index (χ3n) is 4.58. The number of hydrogen-bond donors (Lipinski definition) is 1. The van der Waals surface area contributed by atoms with Gasteiger partial charge in [-0.1, -0.05) is 24.3 Å². The molecule has 0 aromatic heterocycles. The van der Waals surface area contributed by atoms with Crippen molar-refractivity contribution in [3.8, 4) is 11.5 Å². The molecule has 0 saturated carbocycles. The first-order valence-corrected chi connectivity index (χ1v) is 8.90. The zero-order valence-corrected chi connectivity index (χ0v) is 14.7. The normalized spacial score (nSPS) is 16.0. The van der Waals surface area contributed by atoms with Gasteiger partial charge in [0.25, 0.3) is 0 Å². The number of carbonyl (C=O) groups is 1. The Morgan fingerprint density at radius 1 is 1.12 bits per heavy atom. The molecule has 1 N–H and O–H groups in total. The van der Waals surface area contributed by atoms with Crippen molar-refractivity contribution in [3.05, 3.63) is 59.7 Å². The predicted molar refractivity (Wildman–Crippen MR) is 98.0 cm³/mol. The van der Waals surface area contributed by atoms with Crippen LogP contribution < -0.4 is 14.8 Å². The number of ether oxygens (including phenoxy) is 2. The van der Waals surface area contributed by atoms with Crippen LogP contribution in [0.1, 0.15) is 42.9 Å². The average Bonchev–Trinajstić information content (AvgIpc) is 2.66. The number of hydrogen-bond acceptors (Lipinski definition) is 3. The van der Waals surface area contributed by atoms with Gasteiger partial charge < -0.3 is 14.8 Å². The van der Waals surface area contributed by atoms with Crippen molar-refractivity contribution in [2.24, 2.45) is 0 Å². The van der Waals surface area contributed by atoms with E-state index in [4.69, 9.17) is 9.47 Å². The summed E-state index contributed by atoms with van der Waals surface area (Å²) in [5.41, 5.74) is 2.64. The van der Waals surface area contributed by atoms with Gasteiger partial charge >= 0.3 is 0 Å². The van der Waals surface area contributed by atoms with E-state index in [0.717, 1.165) is 30.8 Å². The lowest BCUT2D eigenvalue weighted by molar-refractivity contribution is -0.122. The molecule has 0 aliphatic heterocycles. The summed E-state index contributed by atoms with van der Waals surface area (Å²) in [5, 5.41) is 3.18. The van der Waals surface area contributed by atoms with Gasteiger partial charge in [0.1, 0.15) is 11.5 Å². The zero-order valence-electron chi connectivity index (χ0n) is 14.7. The van der Waals surface area contributed by atoms with Crippen molar-refractivity contribution in [1.82, 2.24) is 5.32 Å². The van der Waals surface area contributed by atoms with E-state index < -0.39 is 0 Å². The van der Waals surface area contributed by atoms with E-state index in [9.17, 15) is 4.79 Å². The SMILES string of the molecule is COc1ccc(OCCCC(=O)NC2CCCc3ccccc32)cc1. The lowest BCUT2D eigenvalue weighted by Gasteiger charge is -2.26. The van der Waals surface area contributed by atoms with E-state index in [0.29, 0.717) is 19.4 Å². The Morgan fingerprint density at radius 3 is 2.68 bits per heavy atom. The van der Waals surface area contributed by atoms with Gasteiger partial charge in [-0.2, -0.15) is 0 Å². The fourth-order valence-corrected chi connectivity index (χ4v) is 3.27. The summed E-state index contributed by atoms with van der Waals surface area (Å²) in [4.78, 5) is 12.2. The van der Waals surface area contributed by atoms with Gasteiger partial charge in [0, 0.05) is 6.42 Å². The topological polar surface area (TPSA) is 47.6 Å². The van der Waals surface area contributed by atoms with Gasteiger partial charge in [-0.25, -0.2) is 0 Å². The molecule has 1 amide bonds. The molecule has 132 valence electrons. The van der Waals surface area contributed by atoms with Crippen LogP contribution in [0.5, 0.6) is 11.5 Å². The second kappa shape index (κ2) is 8.56. The second-order valence-electron chi connectivity index (χ2n) is 6.34. The summed E-state index contributed by atoms with van der Waals surface area (Å²) in [7, 11) is 1.64. The van der Waals surface area contributed by atoms with Crippen LogP contribution >= 0.6 is 0 Å². The highest BCUT2D eigenvalue weighted by atomic mass is 16.5. The standard InChI is InChI=1S/C21H25NO3/c1-24-17-11-13-18(14-12-17)25-15-5-10-21(23)22-20-9-4-7-16-6-2-3-8-19(16)20/h2-3,6,8,11-14,20H,4-5,7,9-10,15H2,1H3,(H,22,23). The van der Waals surface area contributed by atoms with Crippen molar-refractivity contribution >= 4 is 5.91 Å². The zero-order chi connectivity index (χ0) is 17.5. The molecule has 1 unspecified atom stereocenters. The highest BCUT2D eigenvalue weighted by Crippen LogP contribution is 2.29. The number of methoxy groups -OCH3 is 1. The van der Waals surface area contributed by atoms with E-state index in [1.807, 2.05) is 30.3 Å². The van der Waals surface area contributed by atoms with Crippen molar-refractivity contribution < 1.29 is 14.3 Å². The Hall–Kier alpha value is -2.49. The molecule has 2 aromatic rings. The Bertz CT molecular complexity index is 697. The number of nitrogens with one attached hydrogen (secondary N) is 1. The first kappa shape index (κ1) is 17.3. The van der Waals surface area contributed by atoms with Crippen LogP contribution in [0.4, 0.5) is 0 Å². The number of amides is 1. The highest BCUT2D eigenvalue weighted by Gasteiger charge is 2.20. The molecule has 0 fully saturated rings. The summed E-state index contributed by atoms with van der Waals surface area (Å²) < 4.78 is 10.8. The monoisotopic (exact) mass is 339 g/mol. The molecular weight excluding hydrogens is 314 g/mol. The molecule has 1 aliphatic carbocycles. The predicted octanol–water partition coefficient (Wildman–Crippen LogP) is 4.05. The summed E-state index contributed by atoms with van der Waals surface area (Å²) in [6.07, 6.45) is 4.44. The molecule has 25 heavy (non-hydrogen) atoms. The largest absolute Gasteiger partial charge is 0.497 e. The Labute approximate surface area is 149 Å². The van der Waals surface area contributed by atoms with E-state index in [-0.39, 0.29) is 11.9 Å². The molecule has 1 atom stereocenters. The van der Waals surface area contributed by atoms with Crippen LogP contribution in [0, 0.1) is 0 Å². The minimum Gasteiger partial charge on any atom is -0.497 e. The van der Waals surface area contributed by atoms with Crippen molar-refractivity contribution in [3.63, 3.8) is 0 Å². The Kier molecular flexibility index (Phi) is 5.94. The van der Waals surface area contributed by atoms with E-state index in [1.54, 1.807) is 7.11 Å². The van der Waals surface area contributed by atoms with Gasteiger partial charge in [0.2, 0.25) is 5.91 Å². The molecule has 4 heteroatoms. The van der Waals surface area contributed by atoms with Crippen LogP contribution in [0.2, 0.25) is 0 Å². The summed E-state index contributed by atoms with van der Waals surface area (Å²) >= 11 is 0. The fraction of sp³-hybridized carbons (Fsp3) is 0.381. The molecule has 0 radical (unpaired) electrons. The first-order valence-electron chi connectivity index (χ1n) is 8.90. The van der Waals surface area contributed by atoms with Crippen molar-refractivity contribution in [2.75, 3.05) is 13.7 Å². The van der Waals surface area contributed by atoms with Gasteiger partial charge in [-0.15, -0.1) is 0 Å². The van der Waals surface area contributed by atoms with Crippen LogP contribution in [-0.4, -0.2) is 19.6 Å². The fourth-order valence-electron chi connectivity index (χ4n) is 3.27. The van der Waals surface area contributed by atoms with Gasteiger partial charge in [-0.3, -0.25) is 4.79 Å². The summed E-state index contributed by atoms with van der Waals surface area (Å²) in [5.74, 6) is 1.70. The molecule has 0 bridgehead atoms. The maximum absolute atomic E-state index is 12.2. The molecule has 0 spiro atoms. The number of carbonyl (C=O) groups excluding carboxylic acids is 1. The third-order valence-corrected chi connectivity index (χ3v) is 4.58. The van der Waals surface area contributed by atoms with Crippen molar-refractivity contribution in [2.45, 2.75) is 38.1 Å². The summed E-state index contributed by atoms with van der Waals surface area (Å²) in [6.45, 7) is 0.529. The number of fused-ring (bicyclic) bond motifs is 1. The van der Waals surface area contributed by atoms with Gasteiger partial charge in [0.15, 0.2) is 0 Å². The van der Waals surface area contributed by atoms with Crippen LogP contribution in [0.3, 0.4) is 0 Å². The maximum atomic E-state index is 12.2. The highest BCUT2D eigenvalue weighted by molar-refractivity contribution is 5.76. The average molecular weight is 339 g/mol. The van der Waals surface area contributed by atoms with Crippen molar-refractivity contribution in [1.29, 1.82) is 0 Å². The molecule has 2 aromatic carbocycles. The molecular formula is C21H25NO3. The van der Waals surface area contributed by atoms with Crippen LogP contribution in [-0.2, 0) is 11.2 Å². The van der Waals surface area contributed by atoms with Crippen LogP contribution in [0.15, 0.2) is 48.5 Å². The summed E-state index contributed by atoms with van der Waals surface area (Å²) in [6, 6.07) is 16.0. The molecule has 3 rings (SSSR count). The molecule has 4 nitrogen and oxygen atoms in total. The van der Waals surface area contributed by atoms with E-state index in [1.165, 1.54) is 11.1 Å². The Balaban J connectivity index is 1.41. The first-order chi connectivity index (χ1) is 12.3. The lowest BCUT2D eigenvalue weighted by Crippen LogP contribution is -2.31. The second-order valence-corrected chi connectivity index (χ2v) is 6.34. The van der Waals surface area contributed by atoms with E-state index >= 15 is 0 Å². The number of benzene rings is 2. The molecule has 1 aliphatic rings. The minimum atomic E-state index is 0.0973. The van der Waals surface area contributed by atoms with Gasteiger partial charge in [0.05, 0.1) is 19.8 Å². The van der Waals surface area contributed by atoms with Crippen LogP contribution in [0.25, 0.3) is 0 Å². The van der Waals surface area contributed by atoms with Gasteiger partial charge in [-0.05, 0) is 61.1 Å². The number of rotatable bonds is 7. The smallest absolute Gasteiger partial charge is 0.220 e. The quantitative estimate of drug-likeness (QED) is 0.774. The lowest BCUT2D eigenvalue weighted by atomic mass is 9.87. The Morgan fingerprint density at radius 2 is 1.88 bits per heavy atom. The third kappa shape index (κ3) is 4.75. The number of aryl methyl sites for hydroxylation is 1. The molecule has 0 saturated heterocycles. The maximum Gasteiger partial charge on any atom is 0.220 e. The molecule has 0 heterocycles. The van der Waals surface area contributed by atoms with E-state index in [2.05, 4.69) is 23.5 Å². The minimum absolute atomic E-state index is 0.0973.